The van der Waals surface area contributed by atoms with E-state index >= 15 is 0 Å². The summed E-state index contributed by atoms with van der Waals surface area (Å²) >= 11 is 0. The molecule has 0 bridgehead atoms. The van der Waals surface area contributed by atoms with Crippen molar-refractivity contribution >= 4 is 11.9 Å². The van der Waals surface area contributed by atoms with E-state index < -0.39 is 0 Å². The van der Waals surface area contributed by atoms with Gasteiger partial charge in [0.1, 0.15) is 6.61 Å². The van der Waals surface area contributed by atoms with Crippen LogP contribution in [0.15, 0.2) is 12.7 Å². The zero-order valence-electron chi connectivity index (χ0n) is 8.78. The van der Waals surface area contributed by atoms with Gasteiger partial charge in [-0.15, -0.1) is 0 Å². The highest BCUT2D eigenvalue weighted by Crippen LogP contribution is 1.92. The van der Waals surface area contributed by atoms with Crippen molar-refractivity contribution in [2.45, 2.75) is 19.8 Å². The molecule has 4 heteroatoms. The van der Waals surface area contributed by atoms with Crippen molar-refractivity contribution in [3.8, 4) is 0 Å². The van der Waals surface area contributed by atoms with Gasteiger partial charge in [0.05, 0.1) is 6.54 Å². The lowest BCUT2D eigenvalue weighted by molar-refractivity contribution is -0.145. The number of esters is 1. The van der Waals surface area contributed by atoms with Crippen molar-refractivity contribution in [2.75, 3.05) is 20.2 Å². The Morgan fingerprint density at radius 1 is 1.50 bits per heavy atom. The van der Waals surface area contributed by atoms with Gasteiger partial charge in [0.2, 0.25) is 5.91 Å². The molecule has 0 heterocycles. The van der Waals surface area contributed by atoms with Gasteiger partial charge in [0, 0.05) is 13.5 Å². The summed E-state index contributed by atoms with van der Waals surface area (Å²) in [4.78, 5) is 23.3. The van der Waals surface area contributed by atoms with E-state index in [1.54, 1.807) is 7.05 Å². The third-order valence-electron chi connectivity index (χ3n) is 1.69. The molecule has 0 saturated carbocycles. The second-order valence-electron chi connectivity index (χ2n) is 2.93. The van der Waals surface area contributed by atoms with Gasteiger partial charge in [-0.3, -0.25) is 9.59 Å². The molecule has 0 atom stereocenters. The Bertz CT molecular complexity index is 213. The molecule has 0 aromatic heterocycles. The largest absolute Gasteiger partial charge is 0.464 e. The Morgan fingerprint density at radius 3 is 2.64 bits per heavy atom. The van der Waals surface area contributed by atoms with Gasteiger partial charge in [-0.2, -0.15) is 0 Å². The number of nitrogens with zero attached hydrogens (tertiary/aromatic N) is 1. The number of carbonyl (C=O) groups excluding carboxylic acids is 2. The molecule has 0 unspecified atom stereocenters. The number of likely N-dealkylation sites (N-methyl/N-ethyl adjacent to an activating group) is 1. The molecular weight excluding hydrogens is 182 g/mol. The van der Waals surface area contributed by atoms with Crippen LogP contribution >= 0.6 is 0 Å². The average molecular weight is 199 g/mol. The van der Waals surface area contributed by atoms with Gasteiger partial charge in [-0.1, -0.05) is 13.5 Å². The van der Waals surface area contributed by atoms with Crippen molar-refractivity contribution in [1.29, 1.82) is 0 Å². The van der Waals surface area contributed by atoms with E-state index in [1.807, 2.05) is 6.92 Å². The minimum atomic E-state index is -0.216. The number of hydrogen-bond donors (Lipinski definition) is 0. The summed E-state index contributed by atoms with van der Waals surface area (Å²) in [5.41, 5.74) is 0. The van der Waals surface area contributed by atoms with Crippen molar-refractivity contribution in [1.82, 2.24) is 4.90 Å². The lowest BCUT2D eigenvalue weighted by Gasteiger charge is -2.14. The summed E-state index contributed by atoms with van der Waals surface area (Å²) in [6.07, 6.45) is 2.44. The van der Waals surface area contributed by atoms with E-state index in [0.29, 0.717) is 13.0 Å². The first kappa shape index (κ1) is 12.7. The fourth-order valence-electron chi connectivity index (χ4n) is 0.839. The van der Waals surface area contributed by atoms with E-state index in [1.165, 1.54) is 11.0 Å². The molecule has 4 nitrogen and oxygen atoms in total. The van der Waals surface area contributed by atoms with E-state index in [4.69, 9.17) is 4.74 Å². The third-order valence-corrected chi connectivity index (χ3v) is 1.69. The Labute approximate surface area is 84.5 Å². The zero-order valence-corrected chi connectivity index (χ0v) is 8.78. The average Bonchev–Trinajstić information content (AvgIpc) is 2.16. The van der Waals surface area contributed by atoms with Gasteiger partial charge >= 0.3 is 5.97 Å². The molecule has 0 aliphatic carbocycles. The van der Waals surface area contributed by atoms with Crippen LogP contribution in [0.1, 0.15) is 19.8 Å². The van der Waals surface area contributed by atoms with Crippen molar-refractivity contribution < 1.29 is 14.3 Å². The van der Waals surface area contributed by atoms with Crippen LogP contribution in [0.4, 0.5) is 0 Å². The van der Waals surface area contributed by atoms with Crippen LogP contribution in [0, 0.1) is 0 Å². The number of rotatable bonds is 6. The molecule has 0 radical (unpaired) electrons. The molecule has 0 aliphatic rings. The summed E-state index contributed by atoms with van der Waals surface area (Å²) in [7, 11) is 1.64. The van der Waals surface area contributed by atoms with Crippen LogP contribution in [0.5, 0.6) is 0 Å². The van der Waals surface area contributed by atoms with Gasteiger partial charge < -0.3 is 9.64 Å². The predicted molar refractivity (Wildman–Crippen MR) is 53.7 cm³/mol. The second kappa shape index (κ2) is 7.12. The van der Waals surface area contributed by atoms with Crippen LogP contribution in [-0.4, -0.2) is 37.0 Å². The van der Waals surface area contributed by atoms with E-state index in [-0.39, 0.29) is 18.5 Å². The number of hydrogen-bond acceptors (Lipinski definition) is 3. The monoisotopic (exact) mass is 199 g/mol. The van der Waals surface area contributed by atoms with Crippen molar-refractivity contribution in [2.24, 2.45) is 0 Å². The second-order valence-corrected chi connectivity index (χ2v) is 2.93. The lowest BCUT2D eigenvalue weighted by atomic mass is 10.3. The van der Waals surface area contributed by atoms with Crippen molar-refractivity contribution in [3.05, 3.63) is 12.7 Å². The molecular formula is C10H17NO3. The first-order valence-corrected chi connectivity index (χ1v) is 4.65. The van der Waals surface area contributed by atoms with Crippen LogP contribution in [-0.2, 0) is 14.3 Å². The summed E-state index contributed by atoms with van der Waals surface area (Å²) in [6, 6.07) is 0. The smallest absolute Gasteiger partial charge is 0.305 e. The highest BCUT2D eigenvalue weighted by atomic mass is 16.5. The Balaban J connectivity index is 3.58. The molecule has 0 N–H and O–H groups in total. The van der Waals surface area contributed by atoms with Crippen LogP contribution in [0.2, 0.25) is 0 Å². The van der Waals surface area contributed by atoms with Gasteiger partial charge in [0.25, 0.3) is 0 Å². The van der Waals surface area contributed by atoms with Gasteiger partial charge in [-0.05, 0) is 12.5 Å². The Morgan fingerprint density at radius 2 is 2.14 bits per heavy atom. The summed E-state index contributed by atoms with van der Waals surface area (Å²) < 4.78 is 4.88. The SMILES string of the molecule is C=CC(=O)N(C)CCOC(=O)CCC. The highest BCUT2D eigenvalue weighted by molar-refractivity contribution is 5.86. The molecule has 0 rings (SSSR count). The lowest BCUT2D eigenvalue weighted by Crippen LogP contribution is -2.29. The minimum absolute atomic E-state index is 0.170. The van der Waals surface area contributed by atoms with Crippen LogP contribution in [0.3, 0.4) is 0 Å². The van der Waals surface area contributed by atoms with Gasteiger partial charge in [-0.25, -0.2) is 0 Å². The van der Waals surface area contributed by atoms with Gasteiger partial charge in [0.15, 0.2) is 0 Å². The predicted octanol–water partition coefficient (Wildman–Crippen LogP) is 0.974. The molecule has 0 aliphatic heterocycles. The molecule has 80 valence electrons. The number of ether oxygens (including phenoxy) is 1. The Kier molecular flexibility index (Phi) is 6.45. The molecule has 0 aromatic rings. The van der Waals surface area contributed by atoms with E-state index in [9.17, 15) is 9.59 Å². The number of amides is 1. The van der Waals surface area contributed by atoms with Crippen LogP contribution < -0.4 is 0 Å². The summed E-state index contributed by atoms with van der Waals surface area (Å²) in [5.74, 6) is -0.386. The molecule has 14 heavy (non-hydrogen) atoms. The fraction of sp³-hybridized carbons (Fsp3) is 0.600. The quantitative estimate of drug-likeness (QED) is 0.473. The first-order chi connectivity index (χ1) is 6.61. The molecule has 0 saturated heterocycles. The summed E-state index contributed by atoms with van der Waals surface area (Å²) in [5, 5.41) is 0. The molecule has 0 spiro atoms. The van der Waals surface area contributed by atoms with E-state index in [2.05, 4.69) is 6.58 Å². The maximum atomic E-state index is 11.0. The molecule has 0 fully saturated rings. The zero-order chi connectivity index (χ0) is 11.0. The first-order valence-electron chi connectivity index (χ1n) is 4.65. The van der Waals surface area contributed by atoms with E-state index in [0.717, 1.165) is 6.42 Å². The minimum Gasteiger partial charge on any atom is -0.464 e. The molecule has 1 amide bonds. The molecule has 0 aromatic carbocycles. The highest BCUT2D eigenvalue weighted by Gasteiger charge is 2.05. The van der Waals surface area contributed by atoms with Crippen LogP contribution in [0.25, 0.3) is 0 Å². The van der Waals surface area contributed by atoms with Crippen molar-refractivity contribution in [3.63, 3.8) is 0 Å². The topological polar surface area (TPSA) is 46.6 Å². The standard InChI is InChI=1S/C10H17NO3/c1-4-6-10(13)14-8-7-11(3)9(12)5-2/h5H,2,4,6-8H2,1,3H3. The third kappa shape index (κ3) is 5.35. The maximum absolute atomic E-state index is 11.0. The fourth-order valence-corrected chi connectivity index (χ4v) is 0.839. The normalized spacial score (nSPS) is 9.29. The Hall–Kier alpha value is -1.32. The number of carbonyl (C=O) groups is 2. The maximum Gasteiger partial charge on any atom is 0.305 e. The summed E-state index contributed by atoms with van der Waals surface area (Å²) in [6.45, 7) is 5.91.